The zero-order valence-electron chi connectivity index (χ0n) is 16.2. The number of carboxylic acid groups (broad SMARTS) is 1. The Labute approximate surface area is 177 Å². The second-order valence-electron chi connectivity index (χ2n) is 7.68. The molecule has 1 aromatic heterocycles. The molecule has 0 atom stereocenters. The Hall–Kier alpha value is -2.74. The highest BCUT2D eigenvalue weighted by Crippen LogP contribution is 2.38. The van der Waals surface area contributed by atoms with E-state index in [4.69, 9.17) is 21.4 Å². The molecule has 1 aliphatic carbocycles. The summed E-state index contributed by atoms with van der Waals surface area (Å²) in [6.45, 7) is 0.308. The van der Waals surface area contributed by atoms with Gasteiger partial charge in [0.1, 0.15) is 29.5 Å². The van der Waals surface area contributed by atoms with E-state index >= 15 is 4.39 Å². The first-order valence-electron chi connectivity index (χ1n) is 9.90. The van der Waals surface area contributed by atoms with E-state index in [1.807, 2.05) is 6.07 Å². The standard InChI is InChI=1S/C21H21ClFN3O4/c22-19-18-20(25-11-24-19)30-8-7-26(21(18)29)16-6-5-14(10-15(16)23)13-3-1-12(2-4-13)9-17(27)28/h5-6,10-13H,1-4,7-9H2,(H,27,28). The lowest BCUT2D eigenvalue weighted by Gasteiger charge is -2.28. The molecule has 0 spiro atoms. The average Bonchev–Trinajstić information content (AvgIpc) is 2.88. The summed E-state index contributed by atoms with van der Waals surface area (Å²) in [5, 5.41) is 8.92. The Morgan fingerprint density at radius 1 is 1.27 bits per heavy atom. The number of rotatable bonds is 4. The van der Waals surface area contributed by atoms with E-state index in [1.54, 1.807) is 6.07 Å². The summed E-state index contributed by atoms with van der Waals surface area (Å²) in [6, 6.07) is 4.92. The normalized spacial score (nSPS) is 21.5. The van der Waals surface area contributed by atoms with Crippen molar-refractivity contribution in [2.24, 2.45) is 5.92 Å². The highest BCUT2D eigenvalue weighted by atomic mass is 35.5. The minimum Gasteiger partial charge on any atom is -0.481 e. The summed E-state index contributed by atoms with van der Waals surface area (Å²) < 4.78 is 20.5. The third-order valence-electron chi connectivity index (χ3n) is 5.82. The van der Waals surface area contributed by atoms with Gasteiger partial charge in [-0.25, -0.2) is 14.4 Å². The van der Waals surface area contributed by atoms with Crippen molar-refractivity contribution < 1.29 is 23.8 Å². The lowest BCUT2D eigenvalue weighted by Crippen LogP contribution is -2.33. The number of benzene rings is 1. The molecule has 1 aliphatic heterocycles. The van der Waals surface area contributed by atoms with Gasteiger partial charge in [0.15, 0.2) is 0 Å². The minimum atomic E-state index is -0.771. The number of hydrogen-bond acceptors (Lipinski definition) is 5. The second-order valence-corrected chi connectivity index (χ2v) is 8.03. The number of carbonyl (C=O) groups excluding carboxylic acids is 1. The van der Waals surface area contributed by atoms with Crippen LogP contribution in [-0.4, -0.2) is 40.1 Å². The fourth-order valence-electron chi connectivity index (χ4n) is 4.28. The summed E-state index contributed by atoms with van der Waals surface area (Å²) in [4.78, 5) is 33.0. The molecular formula is C21H21ClFN3O4. The number of carboxylic acids is 1. The Bertz CT molecular complexity index is 979. The molecular weight excluding hydrogens is 413 g/mol. The number of nitrogens with zero attached hydrogens (tertiary/aromatic N) is 3. The molecule has 1 aromatic carbocycles. The van der Waals surface area contributed by atoms with Crippen LogP contribution in [0.2, 0.25) is 5.15 Å². The molecule has 1 amide bonds. The number of carbonyl (C=O) groups is 2. The van der Waals surface area contributed by atoms with Crippen molar-refractivity contribution in [1.82, 2.24) is 9.97 Å². The molecule has 0 radical (unpaired) electrons. The largest absolute Gasteiger partial charge is 0.481 e. The van der Waals surface area contributed by atoms with Crippen LogP contribution in [0.5, 0.6) is 5.88 Å². The third-order valence-corrected chi connectivity index (χ3v) is 6.11. The van der Waals surface area contributed by atoms with Gasteiger partial charge in [-0.1, -0.05) is 17.7 Å². The Morgan fingerprint density at radius 3 is 2.73 bits per heavy atom. The number of hydrogen-bond donors (Lipinski definition) is 1. The van der Waals surface area contributed by atoms with Crippen molar-refractivity contribution in [1.29, 1.82) is 0 Å². The SMILES string of the molecule is O=C(O)CC1CCC(c2ccc(N3CCOc4ncnc(Cl)c4C3=O)c(F)c2)CC1. The van der Waals surface area contributed by atoms with Gasteiger partial charge in [-0.2, -0.15) is 0 Å². The van der Waals surface area contributed by atoms with Gasteiger partial charge in [0.05, 0.1) is 12.2 Å². The fourth-order valence-corrected chi connectivity index (χ4v) is 4.49. The Morgan fingerprint density at radius 2 is 2.03 bits per heavy atom. The first-order valence-corrected chi connectivity index (χ1v) is 10.3. The molecule has 30 heavy (non-hydrogen) atoms. The van der Waals surface area contributed by atoms with E-state index in [-0.39, 0.29) is 53.7 Å². The van der Waals surface area contributed by atoms with Crippen molar-refractivity contribution in [2.75, 3.05) is 18.1 Å². The van der Waals surface area contributed by atoms with Gasteiger partial charge in [-0.05, 0) is 55.2 Å². The quantitative estimate of drug-likeness (QED) is 0.731. The van der Waals surface area contributed by atoms with Gasteiger partial charge in [0, 0.05) is 6.42 Å². The zero-order valence-corrected chi connectivity index (χ0v) is 16.9. The van der Waals surface area contributed by atoms with Gasteiger partial charge in [0.25, 0.3) is 5.91 Å². The van der Waals surface area contributed by atoms with E-state index in [0.717, 1.165) is 31.2 Å². The smallest absolute Gasteiger partial charge is 0.303 e. The number of anilines is 1. The highest BCUT2D eigenvalue weighted by molar-refractivity contribution is 6.33. The van der Waals surface area contributed by atoms with Crippen LogP contribution in [0.4, 0.5) is 10.1 Å². The summed E-state index contributed by atoms with van der Waals surface area (Å²) in [6.07, 6.45) is 4.69. The van der Waals surface area contributed by atoms with Gasteiger partial charge < -0.3 is 14.7 Å². The van der Waals surface area contributed by atoms with E-state index < -0.39 is 17.7 Å². The summed E-state index contributed by atoms with van der Waals surface area (Å²) in [5.74, 6) is -1.31. The van der Waals surface area contributed by atoms with Crippen molar-refractivity contribution in [3.8, 4) is 5.88 Å². The number of aliphatic carboxylic acids is 1. The molecule has 0 saturated heterocycles. The summed E-state index contributed by atoms with van der Waals surface area (Å²) >= 11 is 6.06. The summed E-state index contributed by atoms with van der Waals surface area (Å²) in [5.41, 5.74) is 1.04. The van der Waals surface area contributed by atoms with Crippen molar-refractivity contribution >= 4 is 29.2 Å². The Balaban J connectivity index is 1.53. The summed E-state index contributed by atoms with van der Waals surface area (Å²) in [7, 11) is 0. The second kappa shape index (κ2) is 8.55. The van der Waals surface area contributed by atoms with E-state index in [2.05, 4.69) is 9.97 Å². The first-order chi connectivity index (χ1) is 14.4. The first kappa shape index (κ1) is 20.5. The van der Waals surface area contributed by atoms with Crippen LogP contribution < -0.4 is 9.64 Å². The fraction of sp³-hybridized carbons (Fsp3) is 0.429. The van der Waals surface area contributed by atoms with Crippen LogP contribution >= 0.6 is 11.6 Å². The van der Waals surface area contributed by atoms with Crippen LogP contribution in [0.1, 0.15) is 53.9 Å². The average molecular weight is 434 g/mol. The van der Waals surface area contributed by atoms with Gasteiger partial charge >= 0.3 is 5.97 Å². The van der Waals surface area contributed by atoms with Crippen LogP contribution in [0.3, 0.4) is 0 Å². The van der Waals surface area contributed by atoms with Crippen molar-refractivity contribution in [3.63, 3.8) is 0 Å². The molecule has 9 heteroatoms. The molecule has 4 rings (SSSR count). The molecule has 1 fully saturated rings. The molecule has 158 valence electrons. The monoisotopic (exact) mass is 433 g/mol. The van der Waals surface area contributed by atoms with Crippen LogP contribution in [0, 0.1) is 11.7 Å². The maximum absolute atomic E-state index is 15.0. The van der Waals surface area contributed by atoms with E-state index in [1.165, 1.54) is 17.3 Å². The third kappa shape index (κ3) is 4.09. The Kier molecular flexibility index (Phi) is 5.85. The molecule has 0 bridgehead atoms. The molecule has 0 unspecified atom stereocenters. The van der Waals surface area contributed by atoms with Gasteiger partial charge in [0.2, 0.25) is 5.88 Å². The van der Waals surface area contributed by atoms with Crippen molar-refractivity contribution in [3.05, 3.63) is 46.6 Å². The highest BCUT2D eigenvalue weighted by Gasteiger charge is 2.31. The van der Waals surface area contributed by atoms with Crippen LogP contribution in [0.15, 0.2) is 24.5 Å². The molecule has 2 aromatic rings. The van der Waals surface area contributed by atoms with E-state index in [0.29, 0.717) is 0 Å². The zero-order chi connectivity index (χ0) is 21.3. The lowest BCUT2D eigenvalue weighted by atomic mass is 9.77. The maximum atomic E-state index is 15.0. The lowest BCUT2D eigenvalue weighted by molar-refractivity contribution is -0.138. The van der Waals surface area contributed by atoms with Gasteiger partial charge in [-0.3, -0.25) is 9.59 Å². The number of ether oxygens (including phenoxy) is 1. The maximum Gasteiger partial charge on any atom is 0.303 e. The predicted octanol–water partition coefficient (Wildman–Crippen LogP) is 4.06. The molecule has 2 heterocycles. The van der Waals surface area contributed by atoms with E-state index in [9.17, 15) is 9.59 Å². The molecule has 7 nitrogen and oxygen atoms in total. The van der Waals surface area contributed by atoms with Crippen LogP contribution in [0.25, 0.3) is 0 Å². The number of fused-ring (bicyclic) bond motifs is 1. The predicted molar refractivity (Wildman–Crippen MR) is 108 cm³/mol. The number of amides is 1. The number of aromatic nitrogens is 2. The topological polar surface area (TPSA) is 92.6 Å². The molecule has 2 aliphatic rings. The van der Waals surface area contributed by atoms with Crippen LogP contribution in [-0.2, 0) is 4.79 Å². The van der Waals surface area contributed by atoms with Gasteiger partial charge in [-0.15, -0.1) is 0 Å². The number of halogens is 2. The minimum absolute atomic E-state index is 0.0249. The van der Waals surface area contributed by atoms with Crippen molar-refractivity contribution in [2.45, 2.75) is 38.0 Å². The molecule has 1 N–H and O–H groups in total. The molecule has 1 saturated carbocycles.